The summed E-state index contributed by atoms with van der Waals surface area (Å²) in [7, 11) is 0. The molecule has 4 aromatic rings. The number of nitrogens with zero attached hydrogens (tertiary/aromatic N) is 1. The fourth-order valence-electron chi connectivity index (χ4n) is 4.61. The summed E-state index contributed by atoms with van der Waals surface area (Å²) in [5, 5.41) is 18.2. The number of nitrogens with one attached hydrogen (secondary N) is 3. The third-order valence-electron chi connectivity index (χ3n) is 6.91. The molecule has 2 atom stereocenters. The lowest BCUT2D eigenvalue weighted by Crippen LogP contribution is -2.35. The number of amides is 2. The van der Waals surface area contributed by atoms with E-state index in [0.717, 1.165) is 38.7 Å². The highest BCUT2D eigenvalue weighted by atomic mass is 19.4. The van der Waals surface area contributed by atoms with Crippen LogP contribution in [0.15, 0.2) is 72.9 Å². The van der Waals surface area contributed by atoms with E-state index in [1.807, 2.05) is 74.5 Å². The van der Waals surface area contributed by atoms with Crippen molar-refractivity contribution in [3.8, 4) is 0 Å². The summed E-state index contributed by atoms with van der Waals surface area (Å²) in [6, 6.07) is 20.0. The Morgan fingerprint density at radius 1 is 1.07 bits per heavy atom. The summed E-state index contributed by atoms with van der Waals surface area (Å²) in [5.74, 6) is -2.46. The monoisotopic (exact) mass is 609 g/mol. The van der Waals surface area contributed by atoms with E-state index in [0.29, 0.717) is 17.9 Å². The van der Waals surface area contributed by atoms with E-state index >= 15 is 0 Å². The van der Waals surface area contributed by atoms with Crippen molar-refractivity contribution in [3.05, 3.63) is 95.2 Å². The van der Waals surface area contributed by atoms with Crippen LogP contribution < -0.4 is 21.7 Å². The maximum absolute atomic E-state index is 13.7. The van der Waals surface area contributed by atoms with Gasteiger partial charge in [-0.05, 0) is 77.9 Å². The second-order valence-electron chi connectivity index (χ2n) is 10.1. The molecule has 44 heavy (non-hydrogen) atoms. The number of carbonyl (C=O) groups excluding carboxylic acids is 2. The third-order valence-corrected chi connectivity index (χ3v) is 6.91. The van der Waals surface area contributed by atoms with Gasteiger partial charge in [-0.1, -0.05) is 30.3 Å². The van der Waals surface area contributed by atoms with Crippen LogP contribution in [-0.2, 0) is 20.7 Å². The number of halogens is 3. The van der Waals surface area contributed by atoms with Crippen LogP contribution in [-0.4, -0.2) is 40.8 Å². The molecule has 6 rings (SSSR count). The van der Waals surface area contributed by atoms with Crippen molar-refractivity contribution in [2.75, 3.05) is 23.0 Å². The largest absolute Gasteiger partial charge is 0.490 e. The Hall–Kier alpha value is -5.33. The van der Waals surface area contributed by atoms with Crippen molar-refractivity contribution in [2.45, 2.75) is 38.5 Å². The molecular formula is C31H30F3N5O5. The molecule has 0 spiro atoms. The minimum atomic E-state index is -5.08. The lowest BCUT2D eigenvalue weighted by atomic mass is 9.97. The Kier molecular flexibility index (Phi) is 9.57. The van der Waals surface area contributed by atoms with Crippen LogP contribution in [0, 0.1) is 6.92 Å². The van der Waals surface area contributed by atoms with Gasteiger partial charge in [-0.15, -0.1) is 0 Å². The molecule has 0 saturated carbocycles. The average molecular weight is 610 g/mol. The fourth-order valence-corrected chi connectivity index (χ4v) is 4.61. The maximum Gasteiger partial charge on any atom is 0.490 e. The number of anilines is 3. The van der Waals surface area contributed by atoms with E-state index in [-0.39, 0.29) is 18.6 Å². The fraction of sp³-hybridized carbons (Fsp3) is 0.226. The standard InChI is InChI=1S/C29H29N5O3.C2HF3O2/c1-17-14-22-7-6-19(17)11-13-37-29(36)34-23-5-3-4-20(15-23)18(2)32-28(35)26(22)33-24-8-9-25-21(16-24)10-12-31-27(25)30;3-2(4,5)1(6)7/h3-10,12,14-16,18,26,33H,11,13H2,1-2H3,(H2,30,31)(H,32,35)(H,34,36);(H,6,7). The number of carbonyl (C=O) groups is 3. The normalized spacial score (nSPS) is 17.0. The van der Waals surface area contributed by atoms with Crippen LogP contribution >= 0.6 is 0 Å². The number of carboxylic acids is 1. The van der Waals surface area contributed by atoms with E-state index in [2.05, 4.69) is 20.9 Å². The number of hydrogen-bond acceptors (Lipinski definition) is 7. The number of aryl methyl sites for hydroxylation is 1. The highest BCUT2D eigenvalue weighted by Gasteiger charge is 2.38. The number of rotatable bonds is 2. The van der Waals surface area contributed by atoms with Gasteiger partial charge in [-0.3, -0.25) is 10.1 Å². The predicted octanol–water partition coefficient (Wildman–Crippen LogP) is 5.89. The van der Waals surface area contributed by atoms with E-state index in [4.69, 9.17) is 20.4 Å². The van der Waals surface area contributed by atoms with Crippen LogP contribution in [0.2, 0.25) is 0 Å². The first-order valence-electron chi connectivity index (χ1n) is 13.5. The molecule has 2 aliphatic heterocycles. The first-order valence-corrected chi connectivity index (χ1v) is 13.5. The number of carboxylic acid groups (broad SMARTS) is 1. The molecule has 3 aromatic carbocycles. The second-order valence-corrected chi connectivity index (χ2v) is 10.1. The summed E-state index contributed by atoms with van der Waals surface area (Å²) in [6.07, 6.45) is -3.35. The molecule has 4 bridgehead atoms. The Bertz CT molecular complexity index is 1700. The van der Waals surface area contributed by atoms with Crippen molar-refractivity contribution in [3.63, 3.8) is 0 Å². The van der Waals surface area contributed by atoms with Gasteiger partial charge >= 0.3 is 18.2 Å². The van der Waals surface area contributed by atoms with E-state index in [1.54, 1.807) is 12.3 Å². The predicted molar refractivity (Wildman–Crippen MR) is 159 cm³/mol. The highest BCUT2D eigenvalue weighted by Crippen LogP contribution is 2.28. The van der Waals surface area contributed by atoms with Crippen LogP contribution in [0.1, 0.15) is 41.3 Å². The zero-order valence-electron chi connectivity index (χ0n) is 23.7. The third kappa shape index (κ3) is 7.94. The van der Waals surface area contributed by atoms with Gasteiger partial charge in [-0.25, -0.2) is 14.6 Å². The lowest BCUT2D eigenvalue weighted by molar-refractivity contribution is -0.192. The van der Waals surface area contributed by atoms with Gasteiger partial charge < -0.3 is 26.2 Å². The number of nitrogens with two attached hydrogens (primary N) is 1. The molecule has 0 saturated heterocycles. The van der Waals surface area contributed by atoms with Crippen molar-refractivity contribution in [2.24, 2.45) is 0 Å². The second kappa shape index (κ2) is 13.3. The van der Waals surface area contributed by atoms with Gasteiger partial charge in [0.25, 0.3) is 0 Å². The van der Waals surface area contributed by atoms with Crippen molar-refractivity contribution in [1.82, 2.24) is 10.3 Å². The number of pyridine rings is 1. The van der Waals surface area contributed by atoms with Crippen LogP contribution in [0.4, 0.5) is 35.2 Å². The first kappa shape index (κ1) is 31.6. The molecule has 3 heterocycles. The molecule has 1 aromatic heterocycles. The molecule has 6 N–H and O–H groups in total. The molecule has 13 heteroatoms. The molecular weight excluding hydrogens is 579 g/mol. The Labute approximate surface area is 250 Å². The van der Waals surface area contributed by atoms with E-state index < -0.39 is 24.3 Å². The van der Waals surface area contributed by atoms with E-state index in [1.165, 1.54) is 0 Å². The molecule has 2 amide bonds. The van der Waals surface area contributed by atoms with Crippen molar-refractivity contribution < 1.29 is 37.4 Å². The highest BCUT2D eigenvalue weighted by molar-refractivity contribution is 5.94. The first-order chi connectivity index (χ1) is 20.8. The minimum absolute atomic E-state index is 0.168. The number of alkyl halides is 3. The van der Waals surface area contributed by atoms with Gasteiger partial charge in [0.1, 0.15) is 11.9 Å². The van der Waals surface area contributed by atoms with Crippen molar-refractivity contribution >= 4 is 45.9 Å². The van der Waals surface area contributed by atoms with Gasteiger partial charge in [0.05, 0.1) is 12.6 Å². The number of nitrogen functional groups attached to an aromatic ring is 1. The zero-order valence-corrected chi connectivity index (χ0v) is 23.7. The Balaban J connectivity index is 0.000000566. The quantitative estimate of drug-likeness (QED) is 0.188. The molecule has 0 radical (unpaired) electrons. The number of aliphatic carboxylic acids is 1. The van der Waals surface area contributed by atoms with Crippen molar-refractivity contribution in [1.29, 1.82) is 0 Å². The summed E-state index contributed by atoms with van der Waals surface area (Å²) in [4.78, 5) is 39.0. The van der Waals surface area contributed by atoms with Gasteiger partial charge in [0.15, 0.2) is 0 Å². The van der Waals surface area contributed by atoms with Gasteiger partial charge in [0, 0.05) is 29.4 Å². The summed E-state index contributed by atoms with van der Waals surface area (Å²) >= 11 is 0. The number of aromatic nitrogens is 1. The summed E-state index contributed by atoms with van der Waals surface area (Å²) in [5.41, 5.74) is 11.2. The summed E-state index contributed by atoms with van der Waals surface area (Å²) < 4.78 is 37.1. The SMILES string of the molecule is Cc1cc2ccc1CCOC(=O)Nc1cccc(c1)C(C)NC(=O)C2Nc1ccc2c(N)nccc2c1.O=C(O)C(F)(F)F. The van der Waals surface area contributed by atoms with E-state index in [9.17, 15) is 22.8 Å². The number of fused-ring (bicyclic) bond motifs is 10. The van der Waals surface area contributed by atoms with Crippen LogP contribution in [0.5, 0.6) is 0 Å². The molecule has 2 aliphatic rings. The van der Waals surface area contributed by atoms with Gasteiger partial charge in [-0.2, -0.15) is 13.2 Å². The zero-order chi connectivity index (χ0) is 32.0. The Morgan fingerprint density at radius 2 is 1.82 bits per heavy atom. The molecule has 2 unspecified atom stereocenters. The lowest BCUT2D eigenvalue weighted by Gasteiger charge is -2.24. The van der Waals surface area contributed by atoms with Crippen LogP contribution in [0.3, 0.4) is 0 Å². The minimum Gasteiger partial charge on any atom is -0.475 e. The number of benzene rings is 3. The topological polar surface area (TPSA) is 156 Å². The molecule has 10 nitrogen and oxygen atoms in total. The molecule has 0 aliphatic carbocycles. The average Bonchev–Trinajstić information content (AvgIpc) is 2.96. The number of hydrogen-bond donors (Lipinski definition) is 5. The summed E-state index contributed by atoms with van der Waals surface area (Å²) in [6.45, 7) is 4.16. The molecule has 230 valence electrons. The Morgan fingerprint density at radius 3 is 2.52 bits per heavy atom. The smallest absolute Gasteiger partial charge is 0.475 e. The maximum atomic E-state index is 13.7. The van der Waals surface area contributed by atoms with Crippen LogP contribution in [0.25, 0.3) is 10.8 Å². The molecule has 0 fully saturated rings. The number of ether oxygens (including phenoxy) is 1. The van der Waals surface area contributed by atoms with Gasteiger partial charge in [0.2, 0.25) is 5.91 Å².